The average Bonchev–Trinajstić information content (AvgIpc) is 2.80. The summed E-state index contributed by atoms with van der Waals surface area (Å²) in [5, 5.41) is 13.2. The molecule has 2 rings (SSSR count). The molecule has 0 radical (unpaired) electrons. The van der Waals surface area contributed by atoms with E-state index in [0.29, 0.717) is 10.8 Å². The SMILES string of the molecule is CCC(CC)[C@@H](Oc1ccc(Cl)cc1)[C@H](C)OC(=O)[C@H](C)NC(=O)c1nccc(OC)c1O. The zero-order valence-electron chi connectivity index (χ0n) is 19.5. The van der Waals surface area contributed by atoms with Crippen molar-refractivity contribution in [3.8, 4) is 17.2 Å². The number of nitrogens with one attached hydrogen (secondary N) is 1. The number of esters is 1. The molecule has 1 heterocycles. The van der Waals surface area contributed by atoms with Gasteiger partial charge in [-0.25, -0.2) is 9.78 Å². The Bertz CT molecular complexity index is 933. The molecule has 33 heavy (non-hydrogen) atoms. The normalized spacial score (nSPS) is 13.7. The predicted octanol–water partition coefficient (Wildman–Crippen LogP) is 4.38. The minimum atomic E-state index is -0.981. The number of halogens is 1. The predicted molar refractivity (Wildman–Crippen MR) is 125 cm³/mol. The van der Waals surface area contributed by atoms with Gasteiger partial charge in [0.15, 0.2) is 17.2 Å². The number of pyridine rings is 1. The molecule has 0 spiro atoms. The Labute approximate surface area is 199 Å². The van der Waals surface area contributed by atoms with Crippen molar-refractivity contribution < 1.29 is 28.9 Å². The van der Waals surface area contributed by atoms with Crippen molar-refractivity contribution in [3.63, 3.8) is 0 Å². The van der Waals surface area contributed by atoms with Crippen LogP contribution < -0.4 is 14.8 Å². The first-order chi connectivity index (χ1) is 15.7. The van der Waals surface area contributed by atoms with Gasteiger partial charge < -0.3 is 24.6 Å². The first kappa shape index (κ1) is 26.3. The maximum absolute atomic E-state index is 12.7. The average molecular weight is 479 g/mol. The van der Waals surface area contributed by atoms with Crippen LogP contribution in [0.2, 0.25) is 5.02 Å². The summed E-state index contributed by atoms with van der Waals surface area (Å²) in [5.41, 5.74) is -0.247. The number of rotatable bonds is 11. The van der Waals surface area contributed by atoms with E-state index in [4.69, 9.17) is 25.8 Å². The van der Waals surface area contributed by atoms with Crippen LogP contribution in [0.15, 0.2) is 36.5 Å². The smallest absolute Gasteiger partial charge is 0.328 e. The third-order valence-corrected chi connectivity index (χ3v) is 5.64. The van der Waals surface area contributed by atoms with Gasteiger partial charge in [0.05, 0.1) is 7.11 Å². The van der Waals surface area contributed by atoms with Crippen LogP contribution in [0.4, 0.5) is 0 Å². The number of nitrogens with zero attached hydrogens (tertiary/aromatic N) is 1. The van der Waals surface area contributed by atoms with E-state index >= 15 is 0 Å². The number of carbonyl (C=O) groups excluding carboxylic acids is 2. The first-order valence-electron chi connectivity index (χ1n) is 10.9. The van der Waals surface area contributed by atoms with Crippen molar-refractivity contribution in [2.45, 2.75) is 58.8 Å². The molecule has 1 amide bonds. The van der Waals surface area contributed by atoms with Crippen molar-refractivity contribution in [2.75, 3.05) is 7.11 Å². The summed E-state index contributed by atoms with van der Waals surface area (Å²) in [6.45, 7) is 7.37. The van der Waals surface area contributed by atoms with Crippen LogP contribution >= 0.6 is 11.6 Å². The molecular weight excluding hydrogens is 448 g/mol. The molecule has 0 aliphatic rings. The minimum absolute atomic E-state index is 0.103. The molecule has 0 unspecified atom stereocenters. The Balaban J connectivity index is 2.08. The molecular formula is C24H31ClN2O6. The Kier molecular flexibility index (Phi) is 9.78. The molecule has 8 nitrogen and oxygen atoms in total. The highest BCUT2D eigenvalue weighted by Gasteiger charge is 2.31. The molecule has 9 heteroatoms. The van der Waals surface area contributed by atoms with Crippen molar-refractivity contribution in [2.24, 2.45) is 5.92 Å². The monoisotopic (exact) mass is 478 g/mol. The van der Waals surface area contributed by atoms with E-state index in [1.807, 2.05) is 0 Å². The number of aromatic nitrogens is 1. The van der Waals surface area contributed by atoms with Crippen molar-refractivity contribution >= 4 is 23.5 Å². The Morgan fingerprint density at radius 2 is 1.76 bits per heavy atom. The Morgan fingerprint density at radius 3 is 2.33 bits per heavy atom. The van der Waals surface area contributed by atoms with Gasteiger partial charge in [-0.1, -0.05) is 25.4 Å². The van der Waals surface area contributed by atoms with Crippen LogP contribution in [-0.2, 0) is 9.53 Å². The molecule has 0 saturated heterocycles. The fraction of sp³-hybridized carbons (Fsp3) is 0.458. The number of amides is 1. The third-order valence-electron chi connectivity index (χ3n) is 5.39. The summed E-state index contributed by atoms with van der Waals surface area (Å²) in [4.78, 5) is 29.1. The highest BCUT2D eigenvalue weighted by atomic mass is 35.5. The zero-order valence-corrected chi connectivity index (χ0v) is 20.3. The van der Waals surface area contributed by atoms with Gasteiger partial charge in [-0.15, -0.1) is 0 Å². The van der Waals surface area contributed by atoms with Gasteiger partial charge in [-0.05, 0) is 56.9 Å². The summed E-state index contributed by atoms with van der Waals surface area (Å²) in [6.07, 6.45) is 2.03. The topological polar surface area (TPSA) is 107 Å². The largest absolute Gasteiger partial charge is 0.503 e. The maximum atomic E-state index is 12.7. The fourth-order valence-corrected chi connectivity index (χ4v) is 3.57. The van der Waals surface area contributed by atoms with Crippen LogP contribution in [-0.4, -0.2) is 47.3 Å². The minimum Gasteiger partial charge on any atom is -0.503 e. The van der Waals surface area contributed by atoms with Gasteiger partial charge in [0.1, 0.15) is 24.0 Å². The van der Waals surface area contributed by atoms with Crippen molar-refractivity contribution in [1.29, 1.82) is 0 Å². The van der Waals surface area contributed by atoms with E-state index in [2.05, 4.69) is 24.1 Å². The maximum Gasteiger partial charge on any atom is 0.328 e. The van der Waals surface area contributed by atoms with Crippen LogP contribution in [0.3, 0.4) is 0 Å². The van der Waals surface area contributed by atoms with Gasteiger partial charge in [0.25, 0.3) is 5.91 Å². The molecule has 3 atom stereocenters. The van der Waals surface area contributed by atoms with Crippen LogP contribution in [0.5, 0.6) is 17.2 Å². The summed E-state index contributed by atoms with van der Waals surface area (Å²) in [7, 11) is 1.36. The molecule has 1 aromatic heterocycles. The highest BCUT2D eigenvalue weighted by Crippen LogP contribution is 2.28. The summed E-state index contributed by atoms with van der Waals surface area (Å²) < 4.78 is 16.8. The molecule has 0 saturated carbocycles. The van der Waals surface area contributed by atoms with E-state index in [1.54, 1.807) is 31.2 Å². The number of benzene rings is 1. The molecule has 1 aromatic carbocycles. The number of ether oxygens (including phenoxy) is 3. The molecule has 0 bridgehead atoms. The Morgan fingerprint density at radius 1 is 1.12 bits per heavy atom. The summed E-state index contributed by atoms with van der Waals surface area (Å²) >= 11 is 5.96. The van der Waals surface area contributed by atoms with Gasteiger partial charge in [0.2, 0.25) is 0 Å². The lowest BCUT2D eigenvalue weighted by molar-refractivity contribution is -0.156. The van der Waals surface area contributed by atoms with Crippen LogP contribution in [0.1, 0.15) is 51.0 Å². The lowest BCUT2D eigenvalue weighted by atomic mass is 9.93. The van der Waals surface area contributed by atoms with E-state index in [-0.39, 0.29) is 17.4 Å². The lowest BCUT2D eigenvalue weighted by Crippen LogP contribution is -2.45. The van der Waals surface area contributed by atoms with E-state index in [0.717, 1.165) is 12.8 Å². The number of methoxy groups -OCH3 is 1. The van der Waals surface area contributed by atoms with Gasteiger partial charge in [-0.3, -0.25) is 4.79 Å². The van der Waals surface area contributed by atoms with Gasteiger partial charge in [-0.2, -0.15) is 0 Å². The zero-order chi connectivity index (χ0) is 24.5. The van der Waals surface area contributed by atoms with E-state index < -0.39 is 35.9 Å². The standard InChI is InChI=1S/C24H31ClN2O6/c1-6-16(7-2)22(33-18-10-8-17(25)9-11-18)15(4)32-24(30)14(3)27-23(29)20-21(28)19(31-5)12-13-26-20/h8-16,22,28H,6-7H2,1-5H3,(H,27,29)/t14-,15-,22-/m0/s1. The lowest BCUT2D eigenvalue weighted by Gasteiger charge is -2.31. The van der Waals surface area contributed by atoms with E-state index in [1.165, 1.54) is 26.3 Å². The fourth-order valence-electron chi connectivity index (χ4n) is 3.44. The number of hydrogen-bond donors (Lipinski definition) is 2. The van der Waals surface area contributed by atoms with Gasteiger partial charge >= 0.3 is 5.97 Å². The van der Waals surface area contributed by atoms with Crippen molar-refractivity contribution in [3.05, 3.63) is 47.2 Å². The second-order valence-corrected chi connectivity index (χ2v) is 8.10. The second kappa shape index (κ2) is 12.3. The number of aromatic hydroxyl groups is 1. The molecule has 0 aliphatic heterocycles. The van der Waals surface area contributed by atoms with Crippen molar-refractivity contribution in [1.82, 2.24) is 10.3 Å². The second-order valence-electron chi connectivity index (χ2n) is 7.66. The first-order valence-corrected chi connectivity index (χ1v) is 11.2. The van der Waals surface area contributed by atoms with Gasteiger partial charge in [0, 0.05) is 17.3 Å². The van der Waals surface area contributed by atoms with Crippen LogP contribution in [0, 0.1) is 5.92 Å². The third kappa shape index (κ3) is 6.99. The summed E-state index contributed by atoms with van der Waals surface area (Å²) in [5.74, 6) is -0.888. The molecule has 2 N–H and O–H groups in total. The quantitative estimate of drug-likeness (QED) is 0.461. The van der Waals surface area contributed by atoms with Crippen LogP contribution in [0.25, 0.3) is 0 Å². The number of hydrogen-bond acceptors (Lipinski definition) is 7. The molecule has 180 valence electrons. The Hall–Kier alpha value is -3.00. The highest BCUT2D eigenvalue weighted by molar-refractivity contribution is 6.30. The molecule has 0 fully saturated rings. The van der Waals surface area contributed by atoms with E-state index in [9.17, 15) is 14.7 Å². The number of carbonyl (C=O) groups is 2. The molecule has 2 aromatic rings. The molecule has 0 aliphatic carbocycles. The summed E-state index contributed by atoms with van der Waals surface area (Å²) in [6, 6.07) is 7.44.